The first-order valence-corrected chi connectivity index (χ1v) is 11.8. The lowest BCUT2D eigenvalue weighted by atomic mass is 10.3. The normalized spacial score (nSPS) is 11.7. The van der Waals surface area contributed by atoms with E-state index in [0.29, 0.717) is 25.3 Å². The Morgan fingerprint density at radius 3 is 2.47 bits per heavy atom. The summed E-state index contributed by atoms with van der Waals surface area (Å²) < 4.78 is 40.2. The summed E-state index contributed by atoms with van der Waals surface area (Å²) in [6.45, 7) is 0.880. The quantitative estimate of drug-likeness (QED) is 0.389. The molecule has 0 saturated carbocycles. The largest absolute Gasteiger partial charge is 0.467 e. The van der Waals surface area contributed by atoms with Gasteiger partial charge in [0.05, 0.1) is 30.8 Å². The fourth-order valence-electron chi connectivity index (χ4n) is 3.34. The van der Waals surface area contributed by atoms with Gasteiger partial charge in [0.2, 0.25) is 15.9 Å². The molecule has 0 atom stereocenters. The van der Waals surface area contributed by atoms with Gasteiger partial charge in [-0.15, -0.1) is 0 Å². The van der Waals surface area contributed by atoms with E-state index >= 15 is 0 Å². The van der Waals surface area contributed by atoms with Gasteiger partial charge in [0.1, 0.15) is 5.76 Å². The van der Waals surface area contributed by atoms with Crippen LogP contribution < -0.4 is 0 Å². The van der Waals surface area contributed by atoms with Crippen LogP contribution >= 0.6 is 0 Å². The zero-order valence-electron chi connectivity index (χ0n) is 18.4. The maximum absolute atomic E-state index is 13.4. The van der Waals surface area contributed by atoms with Gasteiger partial charge in [0.15, 0.2) is 0 Å². The van der Waals surface area contributed by atoms with Gasteiger partial charge in [-0.2, -0.15) is 4.31 Å². The first-order valence-electron chi connectivity index (χ1n) is 10.4. The van der Waals surface area contributed by atoms with Crippen LogP contribution in [-0.4, -0.2) is 54.9 Å². The number of furan rings is 1. The highest BCUT2D eigenvalue weighted by Gasteiger charge is 2.28. The molecule has 0 fully saturated rings. The Hall–Kier alpha value is -2.88. The topological polar surface area (TPSA) is 85.0 Å². The molecule has 0 saturated heterocycles. The number of ether oxygens (including phenoxy) is 1. The van der Waals surface area contributed by atoms with Gasteiger partial charge in [-0.1, -0.05) is 18.2 Å². The summed E-state index contributed by atoms with van der Waals surface area (Å²) in [6.07, 6.45) is 3.94. The number of methoxy groups -OCH3 is 1. The van der Waals surface area contributed by atoms with Crippen LogP contribution in [0.2, 0.25) is 0 Å². The predicted octanol–water partition coefficient (Wildman–Crippen LogP) is 2.87. The van der Waals surface area contributed by atoms with Crippen molar-refractivity contribution in [3.8, 4) is 0 Å². The number of rotatable bonds is 12. The molecule has 0 N–H and O–H groups in total. The van der Waals surface area contributed by atoms with Crippen molar-refractivity contribution in [2.45, 2.75) is 24.4 Å². The SMILES string of the molecule is COCCCN(CC(=O)N(Cc1ccco1)Cc1cccn1C)S(=O)(=O)c1ccccc1. The number of carbonyl (C=O) groups is 1. The fraction of sp³-hybridized carbons (Fsp3) is 0.348. The highest BCUT2D eigenvalue weighted by Crippen LogP contribution is 2.18. The summed E-state index contributed by atoms with van der Waals surface area (Å²) in [5, 5.41) is 0. The number of hydrogen-bond donors (Lipinski definition) is 0. The monoisotopic (exact) mass is 459 g/mol. The summed E-state index contributed by atoms with van der Waals surface area (Å²) >= 11 is 0. The van der Waals surface area contributed by atoms with Gasteiger partial charge >= 0.3 is 0 Å². The fourth-order valence-corrected chi connectivity index (χ4v) is 4.79. The molecule has 0 unspecified atom stereocenters. The molecular formula is C23H29N3O5S. The van der Waals surface area contributed by atoms with Crippen LogP contribution in [0.1, 0.15) is 17.9 Å². The Kier molecular flexibility index (Phi) is 8.26. The van der Waals surface area contributed by atoms with Crippen LogP contribution in [-0.2, 0) is 39.7 Å². The van der Waals surface area contributed by atoms with E-state index in [1.807, 2.05) is 29.9 Å². The molecule has 2 aromatic heterocycles. The average molecular weight is 460 g/mol. The zero-order chi connectivity index (χ0) is 23.0. The number of hydrogen-bond acceptors (Lipinski definition) is 5. The first-order chi connectivity index (χ1) is 15.4. The summed E-state index contributed by atoms with van der Waals surface area (Å²) in [7, 11) is -0.374. The Morgan fingerprint density at radius 1 is 1.06 bits per heavy atom. The Bertz CT molecular complexity index is 1080. The molecule has 0 aliphatic carbocycles. The van der Waals surface area contributed by atoms with Crippen LogP contribution in [0.5, 0.6) is 0 Å². The third-order valence-corrected chi connectivity index (χ3v) is 6.99. The molecule has 0 radical (unpaired) electrons. The van der Waals surface area contributed by atoms with Crippen molar-refractivity contribution in [1.82, 2.24) is 13.8 Å². The van der Waals surface area contributed by atoms with E-state index in [1.54, 1.807) is 48.6 Å². The summed E-state index contributed by atoms with van der Waals surface area (Å²) in [5.41, 5.74) is 0.932. The van der Waals surface area contributed by atoms with E-state index < -0.39 is 10.0 Å². The highest BCUT2D eigenvalue weighted by atomic mass is 32.2. The molecule has 32 heavy (non-hydrogen) atoms. The molecule has 9 heteroatoms. The van der Waals surface area contributed by atoms with Gasteiger partial charge in [-0.3, -0.25) is 4.79 Å². The van der Waals surface area contributed by atoms with Gasteiger partial charge in [-0.05, 0) is 42.8 Å². The molecule has 172 valence electrons. The molecule has 1 aromatic carbocycles. The minimum absolute atomic E-state index is 0.158. The summed E-state index contributed by atoms with van der Waals surface area (Å²) in [4.78, 5) is 15.1. The van der Waals surface area contributed by atoms with Crippen molar-refractivity contribution in [3.63, 3.8) is 0 Å². The predicted molar refractivity (Wildman–Crippen MR) is 120 cm³/mol. The van der Waals surface area contributed by atoms with Crippen LogP contribution in [0.25, 0.3) is 0 Å². The van der Waals surface area contributed by atoms with Crippen LogP contribution in [0.4, 0.5) is 0 Å². The van der Waals surface area contributed by atoms with Gasteiger partial charge in [-0.25, -0.2) is 8.42 Å². The number of nitrogens with zero attached hydrogens (tertiary/aromatic N) is 3. The van der Waals surface area contributed by atoms with Crippen molar-refractivity contribution in [3.05, 3.63) is 78.5 Å². The van der Waals surface area contributed by atoms with E-state index in [-0.39, 0.29) is 30.4 Å². The minimum Gasteiger partial charge on any atom is -0.467 e. The Morgan fingerprint density at radius 2 is 1.84 bits per heavy atom. The Balaban J connectivity index is 1.83. The second-order valence-corrected chi connectivity index (χ2v) is 9.38. The highest BCUT2D eigenvalue weighted by molar-refractivity contribution is 7.89. The Labute approximate surface area is 189 Å². The minimum atomic E-state index is -3.84. The van der Waals surface area contributed by atoms with Crippen LogP contribution in [0.3, 0.4) is 0 Å². The van der Waals surface area contributed by atoms with E-state index in [1.165, 1.54) is 16.4 Å². The smallest absolute Gasteiger partial charge is 0.243 e. The number of aromatic nitrogens is 1. The average Bonchev–Trinajstić information content (AvgIpc) is 3.45. The second-order valence-electron chi connectivity index (χ2n) is 7.44. The first kappa shape index (κ1) is 23.8. The summed E-state index contributed by atoms with van der Waals surface area (Å²) in [5.74, 6) is 0.323. The lowest BCUT2D eigenvalue weighted by Gasteiger charge is -2.27. The number of sulfonamides is 1. The maximum Gasteiger partial charge on any atom is 0.243 e. The number of aryl methyl sites for hydroxylation is 1. The number of benzene rings is 1. The van der Waals surface area contributed by atoms with Gasteiger partial charge in [0.25, 0.3) is 0 Å². The molecule has 0 aliphatic rings. The van der Waals surface area contributed by atoms with E-state index in [4.69, 9.17) is 9.15 Å². The standard InChI is InChI=1S/C23H29N3O5S/c1-24-13-6-9-20(24)17-25(18-21-10-7-16-31-21)23(27)19-26(14-8-15-30-2)32(28,29)22-11-4-3-5-12-22/h3-7,9-13,16H,8,14-15,17-19H2,1-2H3. The third kappa shape index (κ3) is 6.09. The number of carbonyl (C=O) groups excluding carboxylic acids is 1. The molecule has 1 amide bonds. The molecule has 8 nitrogen and oxygen atoms in total. The van der Waals surface area contributed by atoms with Crippen molar-refractivity contribution in [2.75, 3.05) is 26.8 Å². The van der Waals surface area contributed by atoms with Crippen molar-refractivity contribution in [2.24, 2.45) is 7.05 Å². The maximum atomic E-state index is 13.4. The van der Waals surface area contributed by atoms with Gasteiger partial charge < -0.3 is 18.6 Å². The molecule has 2 heterocycles. The summed E-state index contributed by atoms with van der Waals surface area (Å²) in [6, 6.07) is 15.5. The van der Waals surface area contributed by atoms with Crippen LogP contribution in [0, 0.1) is 0 Å². The van der Waals surface area contributed by atoms with E-state index in [2.05, 4.69) is 0 Å². The van der Waals surface area contributed by atoms with Gasteiger partial charge in [0, 0.05) is 39.2 Å². The lowest BCUT2D eigenvalue weighted by molar-refractivity contribution is -0.133. The molecular weight excluding hydrogens is 430 g/mol. The molecule has 0 aliphatic heterocycles. The van der Waals surface area contributed by atoms with E-state index in [0.717, 1.165) is 5.69 Å². The van der Waals surface area contributed by atoms with Crippen molar-refractivity contribution < 1.29 is 22.4 Å². The van der Waals surface area contributed by atoms with Crippen molar-refractivity contribution in [1.29, 1.82) is 0 Å². The van der Waals surface area contributed by atoms with Crippen LogP contribution in [0.15, 0.2) is 76.4 Å². The molecule has 0 spiro atoms. The second kappa shape index (κ2) is 11.1. The molecule has 0 bridgehead atoms. The molecule has 3 rings (SSSR count). The number of amides is 1. The lowest BCUT2D eigenvalue weighted by Crippen LogP contribution is -2.43. The van der Waals surface area contributed by atoms with E-state index in [9.17, 15) is 13.2 Å². The zero-order valence-corrected chi connectivity index (χ0v) is 19.2. The van der Waals surface area contributed by atoms with Crippen molar-refractivity contribution >= 4 is 15.9 Å². The molecule has 3 aromatic rings. The third-order valence-electron chi connectivity index (χ3n) is 5.13.